The molecule has 0 unspecified atom stereocenters. The molecule has 2 aromatic rings. The van der Waals surface area contributed by atoms with Crippen molar-refractivity contribution in [3.05, 3.63) is 27.2 Å². The highest BCUT2D eigenvalue weighted by atomic mass is 16.2. The van der Waals surface area contributed by atoms with Crippen molar-refractivity contribution in [2.75, 3.05) is 13.1 Å². The van der Waals surface area contributed by atoms with Gasteiger partial charge in [0.1, 0.15) is 0 Å². The third-order valence-electron chi connectivity index (χ3n) is 4.87. The highest BCUT2D eigenvalue weighted by molar-refractivity contribution is 5.81. The molecule has 1 amide bonds. The molecule has 0 aliphatic carbocycles. The molecule has 1 aliphatic heterocycles. The smallest absolute Gasteiger partial charge is 0.273 e. The molecule has 23 heavy (non-hydrogen) atoms. The number of nitrogens with zero attached hydrogens (tertiary/aromatic N) is 3. The van der Waals surface area contributed by atoms with E-state index in [4.69, 9.17) is 0 Å². The van der Waals surface area contributed by atoms with Crippen LogP contribution in [0.15, 0.2) is 4.79 Å². The molecule has 3 rings (SSSR count). The lowest BCUT2D eigenvalue weighted by Crippen LogP contribution is -2.35. The monoisotopic (exact) mass is 316 g/mol. The molecule has 1 fully saturated rings. The predicted octanol–water partition coefficient (Wildman–Crippen LogP) is 1.82. The zero-order chi connectivity index (χ0) is 16.6. The molecule has 0 bridgehead atoms. The van der Waals surface area contributed by atoms with Crippen molar-refractivity contribution in [3.63, 3.8) is 0 Å². The van der Waals surface area contributed by atoms with Gasteiger partial charge in [-0.2, -0.15) is 0 Å². The maximum Gasteiger partial charge on any atom is 0.273 e. The minimum absolute atomic E-state index is 0.115. The second-order valence-electron chi connectivity index (χ2n) is 6.44. The van der Waals surface area contributed by atoms with Gasteiger partial charge in [-0.3, -0.25) is 19.4 Å². The van der Waals surface area contributed by atoms with Crippen LogP contribution in [0.1, 0.15) is 42.5 Å². The molecular weight excluding hydrogens is 292 g/mol. The van der Waals surface area contributed by atoms with Crippen molar-refractivity contribution in [2.24, 2.45) is 7.05 Å². The number of rotatable bonds is 3. The van der Waals surface area contributed by atoms with Gasteiger partial charge in [-0.05, 0) is 50.7 Å². The Kier molecular flexibility index (Phi) is 4.24. The summed E-state index contributed by atoms with van der Waals surface area (Å²) in [5, 5.41) is 3.39. The van der Waals surface area contributed by atoms with Crippen molar-refractivity contribution in [1.29, 1.82) is 0 Å². The number of nitrogens with one attached hydrogen (secondary N) is 1. The van der Waals surface area contributed by atoms with Crippen molar-refractivity contribution in [3.8, 4) is 0 Å². The lowest BCUT2D eigenvalue weighted by atomic mass is 9.99. The summed E-state index contributed by atoms with van der Waals surface area (Å²) in [7, 11) is 1.79. The number of amides is 1. The first kappa shape index (κ1) is 15.8. The molecule has 0 saturated carbocycles. The molecule has 1 aliphatic rings. The Bertz CT molecular complexity index is 797. The van der Waals surface area contributed by atoms with Crippen molar-refractivity contribution < 1.29 is 4.79 Å². The Morgan fingerprint density at radius 3 is 2.61 bits per heavy atom. The van der Waals surface area contributed by atoms with E-state index in [2.05, 4.69) is 10.1 Å². The number of hydrogen-bond acceptors (Lipinski definition) is 3. The summed E-state index contributed by atoms with van der Waals surface area (Å²) >= 11 is 0. The second kappa shape index (κ2) is 6.18. The first-order valence-corrected chi connectivity index (χ1v) is 8.31. The Morgan fingerprint density at radius 2 is 1.91 bits per heavy atom. The number of fused-ring (bicyclic) bond motifs is 1. The fraction of sp³-hybridized carbons (Fsp3) is 0.588. The Labute approximate surface area is 135 Å². The minimum atomic E-state index is -0.115. The normalized spacial score (nSPS) is 15.3. The van der Waals surface area contributed by atoms with E-state index in [-0.39, 0.29) is 11.5 Å². The molecule has 2 aromatic heterocycles. The lowest BCUT2D eigenvalue weighted by molar-refractivity contribution is -0.132. The maximum atomic E-state index is 12.4. The van der Waals surface area contributed by atoms with E-state index < -0.39 is 0 Å². The van der Waals surface area contributed by atoms with Crippen LogP contribution in [-0.4, -0.2) is 38.7 Å². The number of pyridine rings is 1. The number of likely N-dealkylation sites (tertiary alicyclic amines) is 1. The molecular formula is C17H24N4O2. The minimum Gasteiger partial charge on any atom is -0.343 e. The van der Waals surface area contributed by atoms with Crippen LogP contribution in [0.4, 0.5) is 0 Å². The SMILES string of the molecule is Cc1nc2c(c(C)c1CCC(=O)N1CCCCC1)c(=O)[nH]n2C. The standard InChI is InChI=1S/C17H24N4O2/c1-11-13(7-8-14(22)21-9-5-4-6-10-21)12(2)18-16-15(11)17(23)19-20(16)3/h4-10H2,1-3H3,(H,19,23). The number of aromatic amines is 1. The summed E-state index contributed by atoms with van der Waals surface area (Å²) < 4.78 is 1.65. The molecule has 0 aromatic carbocycles. The average Bonchev–Trinajstić information content (AvgIpc) is 2.82. The van der Waals surface area contributed by atoms with Gasteiger partial charge in [0.2, 0.25) is 5.91 Å². The number of aromatic nitrogens is 3. The zero-order valence-electron chi connectivity index (χ0n) is 14.1. The Balaban J connectivity index is 1.84. The zero-order valence-corrected chi connectivity index (χ0v) is 14.1. The van der Waals surface area contributed by atoms with Gasteiger partial charge >= 0.3 is 0 Å². The maximum absolute atomic E-state index is 12.4. The summed E-state index contributed by atoms with van der Waals surface area (Å²) in [4.78, 5) is 31.0. The van der Waals surface area contributed by atoms with Crippen molar-refractivity contribution in [2.45, 2.75) is 46.0 Å². The largest absolute Gasteiger partial charge is 0.343 e. The van der Waals surface area contributed by atoms with Gasteiger partial charge in [0, 0.05) is 32.3 Å². The molecule has 124 valence electrons. The van der Waals surface area contributed by atoms with Crippen LogP contribution in [0.2, 0.25) is 0 Å². The number of hydrogen-bond donors (Lipinski definition) is 1. The van der Waals surface area contributed by atoms with Gasteiger partial charge < -0.3 is 4.90 Å². The number of carbonyl (C=O) groups excluding carboxylic acids is 1. The molecule has 6 heteroatoms. The lowest BCUT2D eigenvalue weighted by Gasteiger charge is -2.26. The summed E-state index contributed by atoms with van der Waals surface area (Å²) in [6, 6.07) is 0. The van der Waals surface area contributed by atoms with Gasteiger partial charge in [0.25, 0.3) is 5.56 Å². The van der Waals surface area contributed by atoms with E-state index in [1.165, 1.54) is 6.42 Å². The van der Waals surface area contributed by atoms with E-state index in [1.807, 2.05) is 18.7 Å². The van der Waals surface area contributed by atoms with E-state index >= 15 is 0 Å². The topological polar surface area (TPSA) is 71.0 Å². The molecule has 0 atom stereocenters. The third kappa shape index (κ3) is 2.90. The molecule has 6 nitrogen and oxygen atoms in total. The first-order valence-electron chi connectivity index (χ1n) is 8.31. The summed E-state index contributed by atoms with van der Waals surface area (Å²) in [6.07, 6.45) is 4.57. The molecule has 1 saturated heterocycles. The summed E-state index contributed by atoms with van der Waals surface area (Å²) in [5.41, 5.74) is 3.43. The van der Waals surface area contributed by atoms with Crippen LogP contribution in [-0.2, 0) is 18.3 Å². The van der Waals surface area contributed by atoms with Crippen LogP contribution >= 0.6 is 0 Å². The van der Waals surface area contributed by atoms with Crippen LogP contribution in [0.5, 0.6) is 0 Å². The third-order valence-corrected chi connectivity index (χ3v) is 4.87. The number of piperidine rings is 1. The number of aryl methyl sites for hydroxylation is 3. The van der Waals surface area contributed by atoms with Gasteiger partial charge in [-0.15, -0.1) is 0 Å². The number of carbonyl (C=O) groups is 1. The quantitative estimate of drug-likeness (QED) is 0.939. The highest BCUT2D eigenvalue weighted by Crippen LogP contribution is 2.21. The first-order chi connectivity index (χ1) is 11.0. The Hall–Kier alpha value is -2.11. The van der Waals surface area contributed by atoms with E-state index in [1.54, 1.807) is 11.7 Å². The van der Waals surface area contributed by atoms with Crippen LogP contribution < -0.4 is 5.56 Å². The number of H-pyrrole nitrogens is 1. The predicted molar refractivity (Wildman–Crippen MR) is 89.6 cm³/mol. The van der Waals surface area contributed by atoms with Gasteiger partial charge in [-0.1, -0.05) is 0 Å². The van der Waals surface area contributed by atoms with Crippen LogP contribution in [0, 0.1) is 13.8 Å². The second-order valence-corrected chi connectivity index (χ2v) is 6.44. The van der Waals surface area contributed by atoms with Gasteiger partial charge in [0.15, 0.2) is 5.65 Å². The van der Waals surface area contributed by atoms with Gasteiger partial charge in [0.05, 0.1) is 5.39 Å². The summed E-state index contributed by atoms with van der Waals surface area (Å²) in [5.74, 6) is 0.213. The average molecular weight is 316 g/mol. The summed E-state index contributed by atoms with van der Waals surface area (Å²) in [6.45, 7) is 5.66. The van der Waals surface area contributed by atoms with Crippen molar-refractivity contribution in [1.82, 2.24) is 19.7 Å². The highest BCUT2D eigenvalue weighted by Gasteiger charge is 2.19. The molecule has 1 N–H and O–H groups in total. The van der Waals surface area contributed by atoms with Crippen LogP contribution in [0.3, 0.4) is 0 Å². The molecule has 0 radical (unpaired) electrons. The Morgan fingerprint density at radius 1 is 1.22 bits per heavy atom. The fourth-order valence-corrected chi connectivity index (χ4v) is 3.55. The van der Waals surface area contributed by atoms with Gasteiger partial charge in [-0.25, -0.2) is 4.98 Å². The fourth-order valence-electron chi connectivity index (χ4n) is 3.55. The van der Waals surface area contributed by atoms with E-state index in [0.29, 0.717) is 23.9 Å². The molecule has 3 heterocycles. The van der Waals surface area contributed by atoms with Crippen molar-refractivity contribution >= 4 is 16.9 Å². The van der Waals surface area contributed by atoms with E-state index in [0.717, 1.165) is 42.8 Å². The molecule has 0 spiro atoms. The van der Waals surface area contributed by atoms with Crippen LogP contribution in [0.25, 0.3) is 11.0 Å². The van der Waals surface area contributed by atoms with E-state index in [9.17, 15) is 9.59 Å².